The van der Waals surface area contributed by atoms with Gasteiger partial charge in [-0.25, -0.2) is 0 Å². The Morgan fingerprint density at radius 1 is 1.18 bits per heavy atom. The molecule has 3 nitrogen and oxygen atoms in total. The second-order valence-electron chi connectivity index (χ2n) is 5.22. The SMILES string of the molecule is CCc1ccc(OCC(=O)Nc2c(C)cccc2C)c(Br)c1. The van der Waals surface area contributed by atoms with Gasteiger partial charge >= 0.3 is 0 Å². The Balaban J connectivity index is 1.99. The van der Waals surface area contributed by atoms with Gasteiger partial charge < -0.3 is 10.1 Å². The second kappa shape index (κ2) is 7.45. The molecule has 2 rings (SSSR count). The number of aryl methyl sites for hydroxylation is 3. The van der Waals surface area contributed by atoms with Gasteiger partial charge in [-0.15, -0.1) is 0 Å². The maximum Gasteiger partial charge on any atom is 0.262 e. The van der Waals surface area contributed by atoms with Crippen molar-refractivity contribution in [2.75, 3.05) is 11.9 Å². The number of carbonyl (C=O) groups excluding carboxylic acids is 1. The highest BCUT2D eigenvalue weighted by atomic mass is 79.9. The third-order valence-corrected chi connectivity index (χ3v) is 4.13. The molecule has 22 heavy (non-hydrogen) atoms. The zero-order valence-electron chi connectivity index (χ0n) is 13.1. The molecule has 116 valence electrons. The van der Waals surface area contributed by atoms with E-state index in [4.69, 9.17) is 4.74 Å². The monoisotopic (exact) mass is 361 g/mol. The molecule has 0 heterocycles. The molecule has 0 radical (unpaired) electrons. The van der Waals surface area contributed by atoms with Gasteiger partial charge in [0.2, 0.25) is 0 Å². The van der Waals surface area contributed by atoms with Crippen molar-refractivity contribution in [2.24, 2.45) is 0 Å². The molecule has 0 saturated carbocycles. The lowest BCUT2D eigenvalue weighted by molar-refractivity contribution is -0.118. The van der Waals surface area contributed by atoms with E-state index >= 15 is 0 Å². The minimum Gasteiger partial charge on any atom is -0.483 e. The number of anilines is 1. The predicted molar refractivity (Wildman–Crippen MR) is 93.6 cm³/mol. The average molecular weight is 362 g/mol. The summed E-state index contributed by atoms with van der Waals surface area (Å²) in [6.07, 6.45) is 0.964. The van der Waals surface area contributed by atoms with Crippen molar-refractivity contribution < 1.29 is 9.53 Å². The van der Waals surface area contributed by atoms with E-state index in [1.54, 1.807) is 0 Å². The third kappa shape index (κ3) is 4.10. The standard InChI is InChI=1S/C18H20BrNO2/c1-4-14-8-9-16(15(19)10-14)22-11-17(21)20-18-12(2)6-5-7-13(18)3/h5-10H,4,11H2,1-3H3,(H,20,21). The van der Waals surface area contributed by atoms with E-state index < -0.39 is 0 Å². The van der Waals surface area contributed by atoms with Gasteiger partial charge in [-0.2, -0.15) is 0 Å². The Kier molecular flexibility index (Phi) is 5.61. The van der Waals surface area contributed by atoms with E-state index in [1.807, 2.05) is 50.2 Å². The number of hydrogen-bond donors (Lipinski definition) is 1. The van der Waals surface area contributed by atoms with Gasteiger partial charge in [0, 0.05) is 5.69 Å². The van der Waals surface area contributed by atoms with Crippen LogP contribution in [0.1, 0.15) is 23.6 Å². The van der Waals surface area contributed by atoms with Crippen molar-refractivity contribution in [3.8, 4) is 5.75 Å². The lowest BCUT2D eigenvalue weighted by atomic mass is 10.1. The van der Waals surface area contributed by atoms with Gasteiger partial charge in [-0.3, -0.25) is 4.79 Å². The Bertz CT molecular complexity index is 663. The van der Waals surface area contributed by atoms with Crippen molar-refractivity contribution in [3.05, 3.63) is 57.6 Å². The number of carbonyl (C=O) groups is 1. The Morgan fingerprint density at radius 3 is 2.45 bits per heavy atom. The summed E-state index contributed by atoms with van der Waals surface area (Å²) < 4.78 is 6.46. The fourth-order valence-corrected chi connectivity index (χ4v) is 2.75. The van der Waals surface area contributed by atoms with Crippen LogP contribution in [0.25, 0.3) is 0 Å². The van der Waals surface area contributed by atoms with Crippen LogP contribution in [0.3, 0.4) is 0 Å². The normalized spacial score (nSPS) is 10.4. The molecule has 0 spiro atoms. The van der Waals surface area contributed by atoms with Crippen LogP contribution in [0, 0.1) is 13.8 Å². The molecule has 0 atom stereocenters. The van der Waals surface area contributed by atoms with E-state index in [1.165, 1.54) is 5.56 Å². The van der Waals surface area contributed by atoms with Crippen molar-refractivity contribution in [2.45, 2.75) is 27.2 Å². The van der Waals surface area contributed by atoms with Crippen LogP contribution in [-0.4, -0.2) is 12.5 Å². The van der Waals surface area contributed by atoms with Gasteiger partial charge in [0.15, 0.2) is 6.61 Å². The highest BCUT2D eigenvalue weighted by molar-refractivity contribution is 9.10. The van der Waals surface area contributed by atoms with Crippen LogP contribution in [0.2, 0.25) is 0 Å². The van der Waals surface area contributed by atoms with E-state index in [-0.39, 0.29) is 12.5 Å². The molecule has 0 saturated heterocycles. The smallest absolute Gasteiger partial charge is 0.262 e. The highest BCUT2D eigenvalue weighted by Gasteiger charge is 2.09. The number of nitrogens with one attached hydrogen (secondary N) is 1. The molecule has 0 aromatic heterocycles. The molecule has 1 N–H and O–H groups in total. The van der Waals surface area contributed by atoms with Crippen LogP contribution in [0.4, 0.5) is 5.69 Å². The molecule has 0 unspecified atom stereocenters. The van der Waals surface area contributed by atoms with Crippen LogP contribution in [0.15, 0.2) is 40.9 Å². The number of halogens is 1. The van der Waals surface area contributed by atoms with Gasteiger partial charge in [0.25, 0.3) is 5.91 Å². The summed E-state index contributed by atoms with van der Waals surface area (Å²) in [6, 6.07) is 11.8. The van der Waals surface area contributed by atoms with Crippen LogP contribution >= 0.6 is 15.9 Å². The van der Waals surface area contributed by atoms with Crippen LogP contribution < -0.4 is 10.1 Å². The third-order valence-electron chi connectivity index (χ3n) is 3.51. The summed E-state index contributed by atoms with van der Waals surface area (Å²) in [4.78, 5) is 12.1. The first-order chi connectivity index (χ1) is 10.5. The summed E-state index contributed by atoms with van der Waals surface area (Å²) in [5.74, 6) is 0.512. The summed E-state index contributed by atoms with van der Waals surface area (Å²) >= 11 is 3.47. The van der Waals surface area contributed by atoms with Crippen LogP contribution in [0.5, 0.6) is 5.75 Å². The lowest BCUT2D eigenvalue weighted by Crippen LogP contribution is -2.21. The first kappa shape index (κ1) is 16.6. The summed E-state index contributed by atoms with van der Waals surface area (Å²) in [6.45, 7) is 6.03. The Hall–Kier alpha value is -1.81. The number of hydrogen-bond acceptors (Lipinski definition) is 2. The molecule has 0 aliphatic rings. The van der Waals surface area contributed by atoms with Crippen LogP contribution in [-0.2, 0) is 11.2 Å². The number of para-hydroxylation sites is 1. The van der Waals surface area contributed by atoms with E-state index in [2.05, 4.69) is 28.2 Å². The second-order valence-corrected chi connectivity index (χ2v) is 6.08. The Labute approximate surface area is 139 Å². The highest BCUT2D eigenvalue weighted by Crippen LogP contribution is 2.26. The van der Waals surface area contributed by atoms with E-state index in [9.17, 15) is 4.79 Å². The summed E-state index contributed by atoms with van der Waals surface area (Å²) in [7, 11) is 0. The first-order valence-electron chi connectivity index (χ1n) is 7.28. The van der Waals surface area contributed by atoms with E-state index in [0.717, 1.165) is 27.7 Å². The molecule has 4 heteroatoms. The van der Waals surface area contributed by atoms with Gasteiger partial charge in [0.1, 0.15) is 5.75 Å². The number of rotatable bonds is 5. The zero-order chi connectivity index (χ0) is 16.1. The van der Waals surface area contributed by atoms with Crippen molar-refractivity contribution in [3.63, 3.8) is 0 Å². The van der Waals surface area contributed by atoms with E-state index in [0.29, 0.717) is 5.75 Å². The minimum atomic E-state index is -0.163. The van der Waals surface area contributed by atoms with Gasteiger partial charge in [0.05, 0.1) is 4.47 Å². The number of ether oxygens (including phenoxy) is 1. The lowest BCUT2D eigenvalue weighted by Gasteiger charge is -2.13. The van der Waals surface area contributed by atoms with Crippen molar-refractivity contribution in [1.29, 1.82) is 0 Å². The zero-order valence-corrected chi connectivity index (χ0v) is 14.7. The minimum absolute atomic E-state index is 0.0160. The average Bonchev–Trinajstić information content (AvgIpc) is 2.49. The molecular formula is C18H20BrNO2. The molecule has 1 amide bonds. The molecule has 0 bridgehead atoms. The predicted octanol–water partition coefficient (Wildman–Crippen LogP) is 4.65. The maximum atomic E-state index is 12.1. The molecule has 2 aromatic carbocycles. The fraction of sp³-hybridized carbons (Fsp3) is 0.278. The molecule has 0 aliphatic carbocycles. The quantitative estimate of drug-likeness (QED) is 0.841. The van der Waals surface area contributed by atoms with Gasteiger partial charge in [-0.1, -0.05) is 31.2 Å². The summed E-state index contributed by atoms with van der Waals surface area (Å²) in [5.41, 5.74) is 4.17. The molecule has 0 aliphatic heterocycles. The number of amides is 1. The van der Waals surface area contributed by atoms with Crippen molar-refractivity contribution in [1.82, 2.24) is 0 Å². The first-order valence-corrected chi connectivity index (χ1v) is 8.08. The number of benzene rings is 2. The van der Waals surface area contributed by atoms with Gasteiger partial charge in [-0.05, 0) is 65.0 Å². The summed E-state index contributed by atoms with van der Waals surface area (Å²) in [5, 5.41) is 2.91. The molecule has 0 fully saturated rings. The Morgan fingerprint density at radius 2 is 1.86 bits per heavy atom. The van der Waals surface area contributed by atoms with Crippen molar-refractivity contribution >= 4 is 27.5 Å². The largest absolute Gasteiger partial charge is 0.483 e. The molecular weight excluding hydrogens is 342 g/mol. The molecule has 2 aromatic rings. The fourth-order valence-electron chi connectivity index (χ4n) is 2.21. The topological polar surface area (TPSA) is 38.3 Å². The maximum absolute atomic E-state index is 12.1.